The van der Waals surface area contributed by atoms with E-state index in [4.69, 9.17) is 21.1 Å². The number of benzene rings is 2. The van der Waals surface area contributed by atoms with E-state index in [1.807, 2.05) is 18.2 Å². The van der Waals surface area contributed by atoms with Gasteiger partial charge in [-0.1, -0.05) is 12.1 Å². The molecule has 0 aromatic heterocycles. The Morgan fingerprint density at radius 3 is 2.40 bits per heavy atom. The van der Waals surface area contributed by atoms with E-state index >= 15 is 0 Å². The molecule has 0 aliphatic rings. The van der Waals surface area contributed by atoms with Gasteiger partial charge < -0.3 is 9.47 Å². The lowest BCUT2D eigenvalue weighted by atomic mass is 10.2. The average Bonchev–Trinajstić information content (AvgIpc) is 2.46. The van der Waals surface area contributed by atoms with Crippen LogP contribution in [0.25, 0.3) is 0 Å². The molecular weight excluding hydrogens is 347 g/mol. The molecule has 0 atom stereocenters. The Labute approximate surface area is 130 Å². The summed E-state index contributed by atoms with van der Waals surface area (Å²) in [6.07, 6.45) is 0. The maximum absolute atomic E-state index is 13.7. The van der Waals surface area contributed by atoms with Crippen LogP contribution in [0.4, 0.5) is 4.39 Å². The molecule has 0 aliphatic heterocycles. The molecule has 2 aromatic rings. The zero-order valence-corrected chi connectivity index (χ0v) is 13.2. The van der Waals surface area contributed by atoms with Crippen molar-refractivity contribution in [1.29, 1.82) is 0 Å². The van der Waals surface area contributed by atoms with Gasteiger partial charge in [0.1, 0.15) is 12.4 Å². The number of halogens is 3. The molecule has 0 amide bonds. The summed E-state index contributed by atoms with van der Waals surface area (Å²) < 4.78 is 25.2. The van der Waals surface area contributed by atoms with Gasteiger partial charge in [-0.15, -0.1) is 11.6 Å². The monoisotopic (exact) mass is 358 g/mol. The largest absolute Gasteiger partial charge is 0.496 e. The highest BCUT2D eigenvalue weighted by atomic mass is 79.9. The summed E-state index contributed by atoms with van der Waals surface area (Å²) in [6.45, 7) is 0.278. The van der Waals surface area contributed by atoms with Gasteiger partial charge in [0, 0.05) is 5.88 Å². The van der Waals surface area contributed by atoms with Gasteiger partial charge >= 0.3 is 0 Å². The van der Waals surface area contributed by atoms with Crippen LogP contribution in [0.2, 0.25) is 0 Å². The first-order chi connectivity index (χ1) is 9.63. The van der Waals surface area contributed by atoms with Crippen LogP contribution in [0.3, 0.4) is 0 Å². The first kappa shape index (κ1) is 15.1. The van der Waals surface area contributed by atoms with Gasteiger partial charge in [-0.2, -0.15) is 0 Å². The summed E-state index contributed by atoms with van der Waals surface area (Å²) in [5.41, 5.74) is 1.64. The number of ether oxygens (including phenoxy) is 2. The van der Waals surface area contributed by atoms with Crippen LogP contribution in [-0.4, -0.2) is 7.11 Å². The molecule has 20 heavy (non-hydrogen) atoms. The quantitative estimate of drug-likeness (QED) is 0.706. The van der Waals surface area contributed by atoms with Crippen molar-refractivity contribution in [1.82, 2.24) is 0 Å². The third-order valence-electron chi connectivity index (χ3n) is 2.76. The van der Waals surface area contributed by atoms with Crippen LogP contribution in [0, 0.1) is 5.82 Å². The summed E-state index contributed by atoms with van der Waals surface area (Å²) in [5.74, 6) is 0.829. The van der Waals surface area contributed by atoms with E-state index in [2.05, 4.69) is 15.9 Å². The Kier molecular flexibility index (Phi) is 5.26. The van der Waals surface area contributed by atoms with Gasteiger partial charge in [0.25, 0.3) is 0 Å². The third kappa shape index (κ3) is 3.64. The lowest BCUT2D eigenvalue weighted by molar-refractivity contribution is 0.290. The van der Waals surface area contributed by atoms with Gasteiger partial charge in [0.2, 0.25) is 0 Å². The van der Waals surface area contributed by atoms with Gasteiger partial charge in [-0.25, -0.2) is 4.39 Å². The van der Waals surface area contributed by atoms with E-state index in [0.717, 1.165) is 21.3 Å². The minimum Gasteiger partial charge on any atom is -0.496 e. The Morgan fingerprint density at radius 2 is 1.80 bits per heavy atom. The van der Waals surface area contributed by atoms with E-state index in [9.17, 15) is 4.39 Å². The first-order valence-corrected chi connectivity index (χ1v) is 7.26. The van der Waals surface area contributed by atoms with Crippen molar-refractivity contribution in [2.75, 3.05) is 7.11 Å². The van der Waals surface area contributed by atoms with Crippen molar-refractivity contribution < 1.29 is 13.9 Å². The second-order valence-electron chi connectivity index (χ2n) is 4.16. The lowest BCUT2D eigenvalue weighted by Gasteiger charge is -2.10. The molecule has 2 nitrogen and oxygen atoms in total. The van der Waals surface area contributed by atoms with E-state index < -0.39 is 5.82 Å². The normalized spacial score (nSPS) is 10.4. The van der Waals surface area contributed by atoms with E-state index in [1.165, 1.54) is 6.07 Å². The van der Waals surface area contributed by atoms with E-state index in [-0.39, 0.29) is 18.2 Å². The molecule has 2 rings (SSSR count). The highest BCUT2D eigenvalue weighted by molar-refractivity contribution is 9.10. The minimum absolute atomic E-state index is 0.214. The smallest absolute Gasteiger partial charge is 0.165 e. The molecule has 0 bridgehead atoms. The molecule has 0 unspecified atom stereocenters. The number of rotatable bonds is 5. The van der Waals surface area contributed by atoms with Gasteiger partial charge in [0.15, 0.2) is 11.6 Å². The summed E-state index contributed by atoms with van der Waals surface area (Å²) in [4.78, 5) is 0. The van der Waals surface area contributed by atoms with Crippen LogP contribution < -0.4 is 9.47 Å². The zero-order chi connectivity index (χ0) is 14.5. The predicted molar refractivity (Wildman–Crippen MR) is 81.0 cm³/mol. The molecule has 0 N–H and O–H groups in total. The molecule has 0 fully saturated rings. The summed E-state index contributed by atoms with van der Waals surface area (Å²) in [7, 11) is 1.60. The summed E-state index contributed by atoms with van der Waals surface area (Å²) >= 11 is 9.04. The summed E-state index contributed by atoms with van der Waals surface area (Å²) in [5, 5.41) is 0. The topological polar surface area (TPSA) is 18.5 Å². The van der Waals surface area contributed by atoms with Crippen LogP contribution in [0.1, 0.15) is 11.1 Å². The van der Waals surface area contributed by atoms with Crippen molar-refractivity contribution in [3.8, 4) is 11.5 Å². The van der Waals surface area contributed by atoms with Gasteiger partial charge in [-0.3, -0.25) is 0 Å². The van der Waals surface area contributed by atoms with Crippen molar-refractivity contribution in [2.45, 2.75) is 12.5 Å². The Hall–Kier alpha value is -1.26. The highest BCUT2D eigenvalue weighted by Gasteiger charge is 2.06. The SMILES string of the molecule is COc1ccc(COc2ccc(CCl)cc2F)cc1Br. The number of methoxy groups -OCH3 is 1. The van der Waals surface area contributed by atoms with Crippen molar-refractivity contribution in [3.63, 3.8) is 0 Å². The molecule has 5 heteroatoms. The molecule has 0 saturated heterocycles. The Morgan fingerprint density at radius 1 is 1.10 bits per heavy atom. The second kappa shape index (κ2) is 6.95. The third-order valence-corrected chi connectivity index (χ3v) is 3.69. The standard InChI is InChI=1S/C15H13BrClFO2/c1-19-14-4-3-11(6-12(14)16)9-20-15-5-2-10(8-17)7-13(15)18/h2-7H,8-9H2,1H3. The molecule has 106 valence electrons. The number of alkyl halides is 1. The molecule has 2 aromatic carbocycles. The fourth-order valence-corrected chi connectivity index (χ4v) is 2.46. The number of hydrogen-bond acceptors (Lipinski definition) is 2. The van der Waals surface area contributed by atoms with Crippen molar-refractivity contribution in [2.24, 2.45) is 0 Å². The van der Waals surface area contributed by atoms with Crippen LogP contribution in [0.15, 0.2) is 40.9 Å². The predicted octanol–water partition coefficient (Wildman–Crippen LogP) is 4.91. The Balaban J connectivity index is 2.07. The lowest BCUT2D eigenvalue weighted by Crippen LogP contribution is -1.98. The average molecular weight is 360 g/mol. The van der Waals surface area contributed by atoms with E-state index in [0.29, 0.717) is 0 Å². The van der Waals surface area contributed by atoms with Gasteiger partial charge in [0.05, 0.1) is 11.6 Å². The Bertz CT molecular complexity index is 604. The van der Waals surface area contributed by atoms with E-state index in [1.54, 1.807) is 19.2 Å². The zero-order valence-electron chi connectivity index (χ0n) is 10.8. The molecular formula is C15H13BrClFO2. The number of hydrogen-bond donors (Lipinski definition) is 0. The van der Waals surface area contributed by atoms with Crippen molar-refractivity contribution >= 4 is 27.5 Å². The van der Waals surface area contributed by atoms with Crippen LogP contribution >= 0.6 is 27.5 Å². The minimum atomic E-state index is -0.407. The first-order valence-electron chi connectivity index (χ1n) is 5.93. The fraction of sp³-hybridized carbons (Fsp3) is 0.200. The molecule has 0 spiro atoms. The van der Waals surface area contributed by atoms with Gasteiger partial charge in [-0.05, 0) is 51.3 Å². The van der Waals surface area contributed by atoms with Crippen LogP contribution in [-0.2, 0) is 12.5 Å². The molecule has 0 heterocycles. The fourth-order valence-electron chi connectivity index (χ4n) is 1.71. The summed E-state index contributed by atoms with van der Waals surface area (Å²) in [6, 6.07) is 10.3. The maximum atomic E-state index is 13.7. The maximum Gasteiger partial charge on any atom is 0.165 e. The highest BCUT2D eigenvalue weighted by Crippen LogP contribution is 2.26. The molecule has 0 aliphatic carbocycles. The van der Waals surface area contributed by atoms with Crippen LogP contribution in [0.5, 0.6) is 11.5 Å². The van der Waals surface area contributed by atoms with Crippen molar-refractivity contribution in [3.05, 3.63) is 57.8 Å². The second-order valence-corrected chi connectivity index (χ2v) is 5.28. The molecule has 0 radical (unpaired) electrons. The molecule has 0 saturated carbocycles.